The molecule has 1 saturated carbocycles. The van der Waals surface area contributed by atoms with E-state index >= 15 is 0 Å². The minimum atomic E-state index is -4.55. The molecule has 1 rings (SSSR count). The first-order valence-corrected chi connectivity index (χ1v) is 4.53. The van der Waals surface area contributed by atoms with E-state index in [1.165, 1.54) is 0 Å². The lowest BCUT2D eigenvalue weighted by Gasteiger charge is -2.31. The largest absolute Gasteiger partial charge is 0.415 e. The van der Waals surface area contributed by atoms with E-state index in [1.54, 1.807) is 0 Å². The maximum absolute atomic E-state index is 11.8. The molecule has 0 aromatic rings. The maximum atomic E-state index is 11.8. The predicted molar refractivity (Wildman–Crippen MR) is 43.7 cm³/mol. The molecule has 1 atom stereocenters. The van der Waals surface area contributed by atoms with Crippen molar-refractivity contribution in [1.82, 2.24) is 5.32 Å². The van der Waals surface area contributed by atoms with Crippen LogP contribution < -0.4 is 5.32 Å². The van der Waals surface area contributed by atoms with Crippen molar-refractivity contribution in [1.29, 1.82) is 0 Å². The molecule has 1 aliphatic carbocycles. The van der Waals surface area contributed by atoms with E-state index in [1.807, 2.05) is 0 Å². The van der Waals surface area contributed by atoms with Gasteiger partial charge in [0.15, 0.2) is 6.10 Å². The van der Waals surface area contributed by atoms with Gasteiger partial charge in [-0.25, -0.2) is 0 Å². The zero-order valence-electron chi connectivity index (χ0n) is 7.59. The summed E-state index contributed by atoms with van der Waals surface area (Å²) in [7, 11) is 0. The lowest BCUT2D eigenvalue weighted by atomic mass is 9.82. The molecule has 1 fully saturated rings. The molecule has 1 unspecified atom stereocenters. The van der Waals surface area contributed by atoms with E-state index in [4.69, 9.17) is 10.2 Å². The summed E-state index contributed by atoms with van der Waals surface area (Å²) in [6.07, 6.45) is -5.88. The number of rotatable bonds is 4. The highest BCUT2D eigenvalue weighted by molar-refractivity contribution is 4.80. The molecule has 3 N–H and O–H groups in total. The minimum Gasteiger partial charge on any atom is -0.393 e. The summed E-state index contributed by atoms with van der Waals surface area (Å²) < 4.78 is 35.4. The Balaban J connectivity index is 2.04. The van der Waals surface area contributed by atoms with Crippen molar-refractivity contribution in [2.24, 2.45) is 5.92 Å². The third-order valence-electron chi connectivity index (χ3n) is 2.36. The first-order chi connectivity index (χ1) is 6.39. The van der Waals surface area contributed by atoms with Crippen LogP contribution in [0, 0.1) is 5.92 Å². The minimum absolute atomic E-state index is 0.241. The first-order valence-electron chi connectivity index (χ1n) is 4.53. The normalized spacial score (nSPS) is 29.8. The average Bonchev–Trinajstić information content (AvgIpc) is 1.99. The Morgan fingerprint density at radius 3 is 2.36 bits per heavy atom. The van der Waals surface area contributed by atoms with Gasteiger partial charge in [0.25, 0.3) is 0 Å². The number of hydrogen-bond donors (Lipinski definition) is 3. The van der Waals surface area contributed by atoms with Gasteiger partial charge in [-0.3, -0.25) is 0 Å². The fourth-order valence-electron chi connectivity index (χ4n) is 1.41. The molecule has 0 heterocycles. The van der Waals surface area contributed by atoms with Gasteiger partial charge in [0.05, 0.1) is 6.10 Å². The summed E-state index contributed by atoms with van der Waals surface area (Å²) in [5.74, 6) is 0.241. The number of nitrogens with one attached hydrogen (secondary N) is 1. The summed E-state index contributed by atoms with van der Waals surface area (Å²) in [5.41, 5.74) is 0. The van der Waals surface area contributed by atoms with Crippen LogP contribution in [0.2, 0.25) is 0 Å². The number of aliphatic hydroxyl groups is 2. The third-order valence-corrected chi connectivity index (χ3v) is 2.36. The Morgan fingerprint density at radius 1 is 1.36 bits per heavy atom. The van der Waals surface area contributed by atoms with Crippen LogP contribution in [0.3, 0.4) is 0 Å². The number of alkyl halides is 3. The molecular weight excluding hydrogens is 199 g/mol. The highest BCUT2D eigenvalue weighted by atomic mass is 19.4. The van der Waals surface area contributed by atoms with Crippen LogP contribution in [0.5, 0.6) is 0 Å². The molecule has 3 nitrogen and oxygen atoms in total. The fourth-order valence-corrected chi connectivity index (χ4v) is 1.41. The zero-order chi connectivity index (χ0) is 10.8. The summed E-state index contributed by atoms with van der Waals surface area (Å²) in [6, 6.07) is 0. The highest BCUT2D eigenvalue weighted by Crippen LogP contribution is 2.26. The molecule has 0 saturated heterocycles. The summed E-state index contributed by atoms with van der Waals surface area (Å²) in [4.78, 5) is 0. The molecule has 84 valence electrons. The van der Waals surface area contributed by atoms with Crippen molar-refractivity contribution < 1.29 is 23.4 Å². The van der Waals surface area contributed by atoms with Crippen molar-refractivity contribution in [2.75, 3.05) is 13.1 Å². The monoisotopic (exact) mass is 213 g/mol. The summed E-state index contributed by atoms with van der Waals surface area (Å²) in [6.45, 7) is -0.0553. The molecular formula is C8H14F3NO2. The summed E-state index contributed by atoms with van der Waals surface area (Å²) >= 11 is 0. The maximum Gasteiger partial charge on any atom is 0.415 e. The van der Waals surface area contributed by atoms with Gasteiger partial charge in [0, 0.05) is 6.54 Å². The van der Waals surface area contributed by atoms with Crippen molar-refractivity contribution in [3.05, 3.63) is 0 Å². The SMILES string of the molecule is OC1CC(CNCC(O)C(F)(F)F)C1. The Labute approximate surface area is 79.9 Å². The van der Waals surface area contributed by atoms with Crippen LogP contribution in [0.15, 0.2) is 0 Å². The molecule has 14 heavy (non-hydrogen) atoms. The lowest BCUT2D eigenvalue weighted by molar-refractivity contribution is -0.202. The molecule has 0 radical (unpaired) electrons. The van der Waals surface area contributed by atoms with Crippen LogP contribution in [0.25, 0.3) is 0 Å². The van der Waals surface area contributed by atoms with Gasteiger partial charge in [-0.2, -0.15) is 13.2 Å². The van der Waals surface area contributed by atoms with Crippen molar-refractivity contribution in [2.45, 2.75) is 31.2 Å². The molecule has 0 spiro atoms. The lowest BCUT2D eigenvalue weighted by Crippen LogP contribution is -2.42. The van der Waals surface area contributed by atoms with E-state index in [-0.39, 0.29) is 12.0 Å². The van der Waals surface area contributed by atoms with E-state index in [0.717, 1.165) is 0 Å². The van der Waals surface area contributed by atoms with Crippen LogP contribution in [0.1, 0.15) is 12.8 Å². The van der Waals surface area contributed by atoms with Crippen LogP contribution in [-0.2, 0) is 0 Å². The fraction of sp³-hybridized carbons (Fsp3) is 1.00. The molecule has 0 bridgehead atoms. The second-order valence-corrected chi connectivity index (χ2v) is 3.71. The quantitative estimate of drug-likeness (QED) is 0.628. The van der Waals surface area contributed by atoms with Crippen LogP contribution in [0.4, 0.5) is 13.2 Å². The van der Waals surface area contributed by atoms with E-state index in [0.29, 0.717) is 19.4 Å². The van der Waals surface area contributed by atoms with Gasteiger partial charge < -0.3 is 15.5 Å². The molecule has 6 heteroatoms. The highest BCUT2D eigenvalue weighted by Gasteiger charge is 2.38. The standard InChI is InChI=1S/C8H14F3NO2/c9-8(10,11)7(14)4-12-3-5-1-6(13)2-5/h5-7,12-14H,1-4H2. The topological polar surface area (TPSA) is 52.5 Å². The average molecular weight is 213 g/mol. The second kappa shape index (κ2) is 4.46. The first kappa shape index (κ1) is 11.7. The smallest absolute Gasteiger partial charge is 0.393 e. The Bertz CT molecular complexity index is 180. The van der Waals surface area contributed by atoms with E-state index < -0.39 is 18.8 Å². The van der Waals surface area contributed by atoms with Gasteiger partial charge in [-0.1, -0.05) is 0 Å². The Kier molecular flexibility index (Phi) is 3.74. The van der Waals surface area contributed by atoms with Gasteiger partial charge in [-0.15, -0.1) is 0 Å². The second-order valence-electron chi connectivity index (χ2n) is 3.71. The predicted octanol–water partition coefficient (Wildman–Crippen LogP) is 0.270. The van der Waals surface area contributed by atoms with Gasteiger partial charge >= 0.3 is 6.18 Å². The van der Waals surface area contributed by atoms with Gasteiger partial charge in [0.2, 0.25) is 0 Å². The van der Waals surface area contributed by atoms with E-state index in [9.17, 15) is 13.2 Å². The Morgan fingerprint density at radius 2 is 1.93 bits per heavy atom. The molecule has 0 aromatic heterocycles. The number of aliphatic hydroxyl groups excluding tert-OH is 2. The summed E-state index contributed by atoms with van der Waals surface area (Å²) in [5, 5.41) is 20.0. The number of hydrogen-bond acceptors (Lipinski definition) is 3. The molecule has 0 aliphatic heterocycles. The van der Waals surface area contributed by atoms with Gasteiger partial charge in [0.1, 0.15) is 0 Å². The molecule has 0 aromatic carbocycles. The number of halogens is 3. The third kappa shape index (κ3) is 3.43. The van der Waals surface area contributed by atoms with Crippen LogP contribution >= 0.6 is 0 Å². The van der Waals surface area contributed by atoms with Crippen LogP contribution in [-0.4, -0.2) is 41.7 Å². The Hall–Kier alpha value is -0.330. The zero-order valence-corrected chi connectivity index (χ0v) is 7.59. The van der Waals surface area contributed by atoms with E-state index in [2.05, 4.69) is 5.32 Å². The van der Waals surface area contributed by atoms with Crippen molar-refractivity contribution in [3.8, 4) is 0 Å². The molecule has 1 aliphatic rings. The molecule has 0 amide bonds. The van der Waals surface area contributed by atoms with Crippen molar-refractivity contribution >= 4 is 0 Å². The van der Waals surface area contributed by atoms with Gasteiger partial charge in [-0.05, 0) is 25.3 Å². The van der Waals surface area contributed by atoms with Crippen molar-refractivity contribution in [3.63, 3.8) is 0 Å².